The number of nitrogens with one attached hydrogen (secondary N) is 1. The van der Waals surface area contributed by atoms with Gasteiger partial charge in [-0.3, -0.25) is 4.99 Å². The monoisotopic (exact) mass is 197 g/mol. The molecule has 0 aromatic heterocycles. The molecule has 82 valence electrons. The number of nitrogens with two attached hydrogens (primary N) is 1. The van der Waals surface area contributed by atoms with Gasteiger partial charge in [0.1, 0.15) is 0 Å². The van der Waals surface area contributed by atoms with Crippen molar-refractivity contribution in [3.8, 4) is 0 Å². The molecule has 0 spiro atoms. The molecule has 0 bridgehead atoms. The molecule has 1 saturated carbocycles. The number of hydrogen-bond acceptors (Lipinski definition) is 1. The van der Waals surface area contributed by atoms with Crippen LogP contribution in [0.25, 0.3) is 0 Å². The van der Waals surface area contributed by atoms with Gasteiger partial charge in [0.2, 0.25) is 0 Å². The van der Waals surface area contributed by atoms with Gasteiger partial charge in [-0.1, -0.05) is 20.8 Å². The molecule has 0 saturated heterocycles. The van der Waals surface area contributed by atoms with Crippen molar-refractivity contribution >= 4 is 5.96 Å². The second-order valence-electron chi connectivity index (χ2n) is 4.65. The molecule has 0 amide bonds. The Bertz CT molecular complexity index is 205. The Morgan fingerprint density at radius 3 is 2.57 bits per heavy atom. The Morgan fingerprint density at radius 1 is 1.50 bits per heavy atom. The summed E-state index contributed by atoms with van der Waals surface area (Å²) in [4.78, 5) is 4.40. The first-order valence-electron chi connectivity index (χ1n) is 5.64. The molecule has 1 aliphatic rings. The summed E-state index contributed by atoms with van der Waals surface area (Å²) in [7, 11) is 0. The second kappa shape index (κ2) is 4.67. The van der Waals surface area contributed by atoms with E-state index in [1.54, 1.807) is 0 Å². The molecule has 14 heavy (non-hydrogen) atoms. The van der Waals surface area contributed by atoms with Crippen molar-refractivity contribution in [2.45, 2.75) is 40.0 Å². The Kier molecular flexibility index (Phi) is 3.78. The zero-order valence-electron chi connectivity index (χ0n) is 9.64. The van der Waals surface area contributed by atoms with Gasteiger partial charge in [0.05, 0.1) is 0 Å². The van der Waals surface area contributed by atoms with Crippen LogP contribution in [0.3, 0.4) is 0 Å². The van der Waals surface area contributed by atoms with Crippen LogP contribution in [0, 0.1) is 11.3 Å². The van der Waals surface area contributed by atoms with Gasteiger partial charge in [-0.2, -0.15) is 0 Å². The van der Waals surface area contributed by atoms with Crippen LogP contribution in [0.5, 0.6) is 0 Å². The predicted molar refractivity (Wildman–Crippen MR) is 61.3 cm³/mol. The fourth-order valence-electron chi connectivity index (χ4n) is 1.63. The second-order valence-corrected chi connectivity index (χ2v) is 4.65. The summed E-state index contributed by atoms with van der Waals surface area (Å²) < 4.78 is 0. The summed E-state index contributed by atoms with van der Waals surface area (Å²) in [6.45, 7) is 8.49. The Morgan fingerprint density at radius 2 is 2.14 bits per heavy atom. The Balaban J connectivity index is 2.31. The number of guanidine groups is 1. The van der Waals surface area contributed by atoms with E-state index in [2.05, 4.69) is 31.1 Å². The third-order valence-corrected chi connectivity index (χ3v) is 3.24. The van der Waals surface area contributed by atoms with Gasteiger partial charge in [-0.15, -0.1) is 0 Å². The van der Waals surface area contributed by atoms with Crippen LogP contribution in [0.15, 0.2) is 4.99 Å². The van der Waals surface area contributed by atoms with Crippen molar-refractivity contribution in [1.29, 1.82) is 0 Å². The standard InChI is InChI=1S/C11H23N3/c1-4-7-13-10(12)14-8-11(5-6-11)9(2)3/h9H,4-8H2,1-3H3,(H3,12,13,14). The van der Waals surface area contributed by atoms with Gasteiger partial charge in [-0.25, -0.2) is 0 Å². The number of rotatable bonds is 5. The normalized spacial score (nSPS) is 19.9. The molecule has 1 fully saturated rings. The molecule has 0 heterocycles. The average molecular weight is 197 g/mol. The summed E-state index contributed by atoms with van der Waals surface area (Å²) in [5, 5.41) is 3.10. The minimum absolute atomic E-state index is 0.471. The lowest BCUT2D eigenvalue weighted by Gasteiger charge is -2.17. The molecule has 3 heteroatoms. The third kappa shape index (κ3) is 2.89. The highest BCUT2D eigenvalue weighted by Gasteiger charge is 2.44. The van der Waals surface area contributed by atoms with Crippen molar-refractivity contribution in [3.63, 3.8) is 0 Å². The number of aliphatic imine (C=N–C) groups is 1. The summed E-state index contributed by atoms with van der Waals surface area (Å²) in [5.74, 6) is 1.34. The smallest absolute Gasteiger partial charge is 0.188 e. The molecule has 3 nitrogen and oxygen atoms in total. The third-order valence-electron chi connectivity index (χ3n) is 3.24. The molecule has 0 atom stereocenters. The highest BCUT2D eigenvalue weighted by atomic mass is 15.1. The summed E-state index contributed by atoms with van der Waals surface area (Å²) in [5.41, 5.74) is 6.20. The SMILES string of the molecule is CCCNC(N)=NCC1(C(C)C)CC1. The van der Waals surface area contributed by atoms with E-state index in [4.69, 9.17) is 5.73 Å². The van der Waals surface area contributed by atoms with E-state index >= 15 is 0 Å². The van der Waals surface area contributed by atoms with Crippen LogP contribution < -0.4 is 11.1 Å². The summed E-state index contributed by atoms with van der Waals surface area (Å²) in [6, 6.07) is 0. The fourth-order valence-corrected chi connectivity index (χ4v) is 1.63. The van der Waals surface area contributed by atoms with E-state index in [1.165, 1.54) is 12.8 Å². The van der Waals surface area contributed by atoms with Gasteiger partial charge < -0.3 is 11.1 Å². The molecular weight excluding hydrogens is 174 g/mol. The van der Waals surface area contributed by atoms with Crippen molar-refractivity contribution in [2.24, 2.45) is 22.1 Å². The van der Waals surface area contributed by atoms with E-state index in [9.17, 15) is 0 Å². The van der Waals surface area contributed by atoms with Crippen LogP contribution in [-0.2, 0) is 0 Å². The maximum Gasteiger partial charge on any atom is 0.188 e. The Labute approximate surface area is 87.2 Å². The van der Waals surface area contributed by atoms with Crippen LogP contribution >= 0.6 is 0 Å². The van der Waals surface area contributed by atoms with Gasteiger partial charge in [0, 0.05) is 13.1 Å². The van der Waals surface area contributed by atoms with Gasteiger partial charge in [0.25, 0.3) is 0 Å². The highest BCUT2D eigenvalue weighted by Crippen LogP contribution is 2.51. The molecule has 3 N–H and O–H groups in total. The summed E-state index contributed by atoms with van der Waals surface area (Å²) in [6.07, 6.45) is 3.72. The number of nitrogens with zero attached hydrogens (tertiary/aromatic N) is 1. The zero-order chi connectivity index (χ0) is 10.6. The first kappa shape index (κ1) is 11.3. The van der Waals surface area contributed by atoms with Crippen molar-refractivity contribution in [3.05, 3.63) is 0 Å². The zero-order valence-corrected chi connectivity index (χ0v) is 9.64. The van der Waals surface area contributed by atoms with E-state index in [0.717, 1.165) is 25.4 Å². The lowest BCUT2D eigenvalue weighted by atomic mass is 9.93. The quantitative estimate of drug-likeness (QED) is 0.521. The van der Waals surface area contributed by atoms with Gasteiger partial charge in [0.15, 0.2) is 5.96 Å². The highest BCUT2D eigenvalue weighted by molar-refractivity contribution is 5.77. The number of hydrogen-bond donors (Lipinski definition) is 2. The molecule has 1 rings (SSSR count). The maximum atomic E-state index is 5.73. The molecule has 0 unspecified atom stereocenters. The van der Waals surface area contributed by atoms with Crippen LogP contribution in [-0.4, -0.2) is 19.0 Å². The molecule has 1 aliphatic carbocycles. The minimum atomic E-state index is 0.471. The molecule has 0 aliphatic heterocycles. The van der Waals surface area contributed by atoms with Gasteiger partial charge >= 0.3 is 0 Å². The first-order valence-corrected chi connectivity index (χ1v) is 5.64. The van der Waals surface area contributed by atoms with Crippen LogP contribution in [0.2, 0.25) is 0 Å². The average Bonchev–Trinajstić information content (AvgIpc) is 2.92. The molecule has 0 aromatic rings. The first-order chi connectivity index (χ1) is 6.60. The topological polar surface area (TPSA) is 50.4 Å². The van der Waals surface area contributed by atoms with Crippen LogP contribution in [0.1, 0.15) is 40.0 Å². The molecule has 0 aromatic carbocycles. The summed E-state index contributed by atoms with van der Waals surface area (Å²) >= 11 is 0. The lowest BCUT2D eigenvalue weighted by molar-refractivity contribution is 0.370. The van der Waals surface area contributed by atoms with Crippen molar-refractivity contribution in [2.75, 3.05) is 13.1 Å². The largest absolute Gasteiger partial charge is 0.370 e. The fraction of sp³-hybridized carbons (Fsp3) is 0.909. The lowest BCUT2D eigenvalue weighted by Crippen LogP contribution is -2.33. The molecule has 0 radical (unpaired) electrons. The van der Waals surface area contributed by atoms with Crippen LogP contribution in [0.4, 0.5) is 0 Å². The van der Waals surface area contributed by atoms with E-state index < -0.39 is 0 Å². The minimum Gasteiger partial charge on any atom is -0.370 e. The van der Waals surface area contributed by atoms with Crippen molar-refractivity contribution < 1.29 is 0 Å². The van der Waals surface area contributed by atoms with Gasteiger partial charge in [-0.05, 0) is 30.6 Å². The van der Waals surface area contributed by atoms with E-state index in [0.29, 0.717) is 11.4 Å². The maximum absolute atomic E-state index is 5.73. The molecular formula is C11H23N3. The van der Waals surface area contributed by atoms with Crippen molar-refractivity contribution in [1.82, 2.24) is 5.32 Å². The van der Waals surface area contributed by atoms with E-state index in [1.807, 2.05) is 0 Å². The van der Waals surface area contributed by atoms with E-state index in [-0.39, 0.29) is 0 Å². The Hall–Kier alpha value is -0.730. The predicted octanol–water partition coefficient (Wildman–Crippen LogP) is 1.74.